The summed E-state index contributed by atoms with van der Waals surface area (Å²) in [4.78, 5) is 11.0. The summed E-state index contributed by atoms with van der Waals surface area (Å²) in [7, 11) is 2.14. The van der Waals surface area contributed by atoms with Gasteiger partial charge in [-0.25, -0.2) is 9.97 Å². The zero-order valence-corrected chi connectivity index (χ0v) is 14.8. The molecule has 25 heavy (non-hydrogen) atoms. The Labute approximate surface area is 147 Å². The lowest BCUT2D eigenvalue weighted by atomic mass is 10.1. The van der Waals surface area contributed by atoms with Crippen molar-refractivity contribution < 1.29 is 0 Å². The van der Waals surface area contributed by atoms with Crippen LogP contribution in [-0.4, -0.2) is 38.1 Å². The first-order valence-electron chi connectivity index (χ1n) is 8.94. The third kappa shape index (κ3) is 3.64. The fraction of sp³-hybridized carbons (Fsp3) is 0.421. The van der Waals surface area contributed by atoms with Gasteiger partial charge in [0.1, 0.15) is 6.33 Å². The number of fused-ring (bicyclic) bond motifs is 1. The number of hydrogen-bond acceptors (Lipinski definition) is 5. The second kappa shape index (κ2) is 6.80. The van der Waals surface area contributed by atoms with E-state index in [0.717, 1.165) is 30.4 Å². The van der Waals surface area contributed by atoms with E-state index in [2.05, 4.69) is 69.6 Å². The van der Waals surface area contributed by atoms with Gasteiger partial charge in [-0.05, 0) is 37.6 Å². The highest BCUT2D eigenvalue weighted by Gasteiger charge is 2.27. The number of benzene rings is 1. The lowest BCUT2D eigenvalue weighted by Gasteiger charge is -2.14. The van der Waals surface area contributed by atoms with E-state index < -0.39 is 0 Å². The Morgan fingerprint density at radius 2 is 2.04 bits per heavy atom. The number of nitrogens with zero attached hydrogens (tertiary/aromatic N) is 5. The Morgan fingerprint density at radius 1 is 1.20 bits per heavy atom. The molecule has 0 spiro atoms. The van der Waals surface area contributed by atoms with Crippen molar-refractivity contribution in [1.29, 1.82) is 0 Å². The Bertz CT molecular complexity index is 867. The van der Waals surface area contributed by atoms with Gasteiger partial charge in [-0.1, -0.05) is 31.2 Å². The van der Waals surface area contributed by atoms with Crippen LogP contribution in [0.3, 0.4) is 0 Å². The highest BCUT2D eigenvalue weighted by Crippen LogP contribution is 2.39. The fourth-order valence-electron chi connectivity index (χ4n) is 2.98. The van der Waals surface area contributed by atoms with Crippen molar-refractivity contribution in [3.05, 3.63) is 53.5 Å². The maximum Gasteiger partial charge on any atom is 0.227 e. The zero-order chi connectivity index (χ0) is 17.2. The largest absolute Gasteiger partial charge is 0.350 e. The summed E-state index contributed by atoms with van der Waals surface area (Å²) in [6.07, 6.45) is 4.07. The van der Waals surface area contributed by atoms with Gasteiger partial charge in [-0.3, -0.25) is 0 Å². The molecule has 1 fully saturated rings. The van der Waals surface area contributed by atoms with Crippen LogP contribution in [0.15, 0.2) is 36.7 Å². The Balaban J connectivity index is 1.49. The van der Waals surface area contributed by atoms with Crippen molar-refractivity contribution >= 4 is 11.6 Å². The average Bonchev–Trinajstić information content (AvgIpc) is 3.39. The number of aromatic nitrogens is 4. The molecule has 1 aliphatic carbocycles. The van der Waals surface area contributed by atoms with Gasteiger partial charge < -0.3 is 10.2 Å². The number of hydrogen-bond donors (Lipinski definition) is 1. The van der Waals surface area contributed by atoms with Crippen molar-refractivity contribution in [3.63, 3.8) is 0 Å². The van der Waals surface area contributed by atoms with Gasteiger partial charge in [0, 0.05) is 25.1 Å². The molecule has 1 saturated carbocycles. The predicted molar refractivity (Wildman–Crippen MR) is 98.5 cm³/mol. The summed E-state index contributed by atoms with van der Waals surface area (Å²) in [6, 6.07) is 10.8. The predicted octanol–water partition coefficient (Wildman–Crippen LogP) is 3.07. The Kier molecular flexibility index (Phi) is 4.36. The molecule has 3 aromatic rings. The van der Waals surface area contributed by atoms with E-state index in [1.807, 2.05) is 4.52 Å². The van der Waals surface area contributed by atoms with Crippen molar-refractivity contribution in [2.45, 2.75) is 38.8 Å². The number of nitrogens with one attached hydrogen (secondary N) is 1. The SMILES string of the molecule is CCN(C)Cc1cccc(CNc2ncnc3cc(C4CC4)nn23)c1. The van der Waals surface area contributed by atoms with E-state index in [1.54, 1.807) is 6.33 Å². The quantitative estimate of drug-likeness (QED) is 0.718. The van der Waals surface area contributed by atoms with Crippen LogP contribution in [0.2, 0.25) is 0 Å². The van der Waals surface area contributed by atoms with Gasteiger partial charge in [0.2, 0.25) is 5.95 Å². The smallest absolute Gasteiger partial charge is 0.227 e. The minimum absolute atomic E-state index is 0.613. The molecule has 1 aliphatic rings. The summed E-state index contributed by atoms with van der Waals surface area (Å²) >= 11 is 0. The van der Waals surface area contributed by atoms with Crippen LogP contribution in [0.25, 0.3) is 5.65 Å². The molecule has 1 aromatic carbocycles. The molecule has 0 bridgehead atoms. The molecule has 2 aromatic heterocycles. The maximum atomic E-state index is 4.68. The first kappa shape index (κ1) is 16.0. The summed E-state index contributed by atoms with van der Waals surface area (Å²) < 4.78 is 1.82. The average molecular weight is 336 g/mol. The fourth-order valence-corrected chi connectivity index (χ4v) is 2.98. The van der Waals surface area contributed by atoms with Gasteiger partial charge in [0.25, 0.3) is 0 Å². The van der Waals surface area contributed by atoms with Crippen molar-refractivity contribution in [3.8, 4) is 0 Å². The molecule has 0 amide bonds. The molecular weight excluding hydrogens is 312 g/mol. The Hall–Kier alpha value is -2.47. The lowest BCUT2D eigenvalue weighted by Crippen LogP contribution is -2.16. The molecule has 4 rings (SSSR count). The van der Waals surface area contributed by atoms with Crippen molar-refractivity contribution in [2.75, 3.05) is 18.9 Å². The highest BCUT2D eigenvalue weighted by atomic mass is 15.3. The molecular formula is C19H24N6. The minimum atomic E-state index is 0.613. The van der Waals surface area contributed by atoms with Crippen LogP contribution in [-0.2, 0) is 13.1 Å². The van der Waals surface area contributed by atoms with E-state index in [-0.39, 0.29) is 0 Å². The molecule has 130 valence electrons. The first-order chi connectivity index (χ1) is 12.2. The second-order valence-electron chi connectivity index (χ2n) is 6.81. The van der Waals surface area contributed by atoms with E-state index in [0.29, 0.717) is 12.5 Å². The van der Waals surface area contributed by atoms with Crippen LogP contribution >= 0.6 is 0 Å². The third-order valence-corrected chi connectivity index (χ3v) is 4.71. The van der Waals surface area contributed by atoms with Crippen LogP contribution in [0, 0.1) is 0 Å². The van der Waals surface area contributed by atoms with Crippen molar-refractivity contribution in [1.82, 2.24) is 24.5 Å². The Morgan fingerprint density at radius 3 is 2.84 bits per heavy atom. The molecule has 0 aliphatic heterocycles. The molecule has 6 nitrogen and oxygen atoms in total. The van der Waals surface area contributed by atoms with Gasteiger partial charge in [0.05, 0.1) is 5.69 Å². The van der Waals surface area contributed by atoms with Crippen LogP contribution in [0.4, 0.5) is 5.95 Å². The van der Waals surface area contributed by atoms with E-state index in [9.17, 15) is 0 Å². The van der Waals surface area contributed by atoms with Crippen LogP contribution < -0.4 is 5.32 Å². The maximum absolute atomic E-state index is 4.68. The van der Waals surface area contributed by atoms with E-state index in [4.69, 9.17) is 0 Å². The number of rotatable bonds is 7. The molecule has 1 N–H and O–H groups in total. The molecule has 6 heteroatoms. The monoisotopic (exact) mass is 336 g/mol. The van der Waals surface area contributed by atoms with Crippen molar-refractivity contribution in [2.24, 2.45) is 0 Å². The summed E-state index contributed by atoms with van der Waals surface area (Å²) in [5.41, 5.74) is 4.56. The van der Waals surface area contributed by atoms with Gasteiger partial charge in [0.15, 0.2) is 5.65 Å². The summed E-state index contributed by atoms with van der Waals surface area (Å²) in [6.45, 7) is 4.90. The molecule has 0 unspecified atom stereocenters. The van der Waals surface area contributed by atoms with Gasteiger partial charge in [-0.2, -0.15) is 9.61 Å². The summed E-state index contributed by atoms with van der Waals surface area (Å²) in [5, 5.41) is 8.08. The van der Waals surface area contributed by atoms with E-state index in [1.165, 1.54) is 24.0 Å². The molecule has 0 atom stereocenters. The highest BCUT2D eigenvalue weighted by molar-refractivity contribution is 5.46. The van der Waals surface area contributed by atoms with Gasteiger partial charge in [-0.15, -0.1) is 0 Å². The molecule has 2 heterocycles. The minimum Gasteiger partial charge on any atom is -0.350 e. The normalized spacial score (nSPS) is 14.4. The number of anilines is 1. The summed E-state index contributed by atoms with van der Waals surface area (Å²) in [5.74, 6) is 1.36. The van der Waals surface area contributed by atoms with Crippen LogP contribution in [0.5, 0.6) is 0 Å². The zero-order valence-electron chi connectivity index (χ0n) is 14.8. The van der Waals surface area contributed by atoms with Gasteiger partial charge >= 0.3 is 0 Å². The van der Waals surface area contributed by atoms with Crippen LogP contribution in [0.1, 0.15) is 42.5 Å². The standard InChI is InChI=1S/C19H24N6/c1-3-24(2)12-15-6-4-5-14(9-15)11-20-19-22-13-21-18-10-17(16-7-8-16)23-25(18)19/h4-6,9-10,13,16H,3,7-8,11-12H2,1-2H3,(H,20,21,22). The lowest BCUT2D eigenvalue weighted by molar-refractivity contribution is 0.345. The second-order valence-corrected chi connectivity index (χ2v) is 6.81. The molecule has 0 saturated heterocycles. The topological polar surface area (TPSA) is 58.3 Å². The van der Waals surface area contributed by atoms with E-state index >= 15 is 0 Å². The molecule has 0 radical (unpaired) electrons. The third-order valence-electron chi connectivity index (χ3n) is 4.71. The first-order valence-corrected chi connectivity index (χ1v) is 8.94.